The predicted octanol–water partition coefficient (Wildman–Crippen LogP) is 5.11. The van der Waals surface area contributed by atoms with Gasteiger partial charge in [0.05, 0.1) is 11.1 Å². The summed E-state index contributed by atoms with van der Waals surface area (Å²) in [5.41, 5.74) is 4.46. The minimum Gasteiger partial charge on any atom is -0.341 e. The Bertz CT molecular complexity index is 1130. The molecule has 0 bridgehead atoms. The van der Waals surface area contributed by atoms with Crippen LogP contribution in [0.15, 0.2) is 58.1 Å². The standard InChI is InChI=1S/C22H23BrN8O2/c23-19-8-4-3-7-16(19)15-24-29-21-26-20(25-17-9-11-18(12-10-17)31(32)33)27-22(28-21)30-13-5-1-2-6-14-30/h3-4,7-12,15H,1-2,5-6,13-14H2,(H2,25,26,27,28,29)/b24-15-. The van der Waals surface area contributed by atoms with E-state index in [2.05, 4.69) is 51.6 Å². The molecule has 4 rings (SSSR count). The summed E-state index contributed by atoms with van der Waals surface area (Å²) in [7, 11) is 0. The van der Waals surface area contributed by atoms with Crippen molar-refractivity contribution < 1.29 is 4.92 Å². The molecule has 0 saturated carbocycles. The van der Waals surface area contributed by atoms with Crippen LogP contribution in [0.5, 0.6) is 0 Å². The van der Waals surface area contributed by atoms with Crippen molar-refractivity contribution in [3.63, 3.8) is 0 Å². The van der Waals surface area contributed by atoms with Crippen LogP contribution in [0.2, 0.25) is 0 Å². The molecular formula is C22H23BrN8O2. The average Bonchev–Trinajstić information content (AvgIpc) is 3.10. The summed E-state index contributed by atoms with van der Waals surface area (Å²) >= 11 is 3.50. The first-order valence-corrected chi connectivity index (χ1v) is 11.4. The third kappa shape index (κ3) is 6.22. The SMILES string of the molecule is O=[N+]([O-])c1ccc(Nc2nc(N/N=C\c3ccccc3Br)nc(N3CCCCCC3)n2)cc1. The Labute approximate surface area is 199 Å². The van der Waals surface area contributed by atoms with E-state index < -0.39 is 4.92 Å². The Hall–Kier alpha value is -3.60. The van der Waals surface area contributed by atoms with Gasteiger partial charge in [0.25, 0.3) is 5.69 Å². The van der Waals surface area contributed by atoms with Gasteiger partial charge in [-0.3, -0.25) is 10.1 Å². The van der Waals surface area contributed by atoms with E-state index in [1.165, 1.54) is 25.0 Å². The molecule has 11 heteroatoms. The molecule has 1 aliphatic heterocycles. The first kappa shape index (κ1) is 22.6. The smallest absolute Gasteiger partial charge is 0.269 e. The van der Waals surface area contributed by atoms with Crippen molar-refractivity contribution in [3.8, 4) is 0 Å². The first-order valence-electron chi connectivity index (χ1n) is 10.6. The molecular weight excluding hydrogens is 488 g/mol. The van der Waals surface area contributed by atoms with Gasteiger partial charge >= 0.3 is 0 Å². The van der Waals surface area contributed by atoms with Crippen LogP contribution in [0.4, 0.5) is 29.2 Å². The summed E-state index contributed by atoms with van der Waals surface area (Å²) in [5.74, 6) is 1.20. The number of hydrazone groups is 1. The molecule has 2 heterocycles. The topological polar surface area (TPSA) is 121 Å². The van der Waals surface area contributed by atoms with Gasteiger partial charge < -0.3 is 10.2 Å². The zero-order valence-electron chi connectivity index (χ0n) is 17.8. The molecule has 0 atom stereocenters. The molecule has 0 amide bonds. The van der Waals surface area contributed by atoms with Crippen molar-refractivity contribution in [3.05, 3.63) is 68.7 Å². The van der Waals surface area contributed by atoms with Gasteiger partial charge in [0.1, 0.15) is 0 Å². The Balaban J connectivity index is 1.58. The molecule has 33 heavy (non-hydrogen) atoms. The average molecular weight is 511 g/mol. The number of hydrogen-bond acceptors (Lipinski definition) is 9. The highest BCUT2D eigenvalue weighted by Gasteiger charge is 2.16. The quantitative estimate of drug-likeness (QED) is 0.255. The summed E-state index contributed by atoms with van der Waals surface area (Å²) in [4.78, 5) is 26.2. The van der Waals surface area contributed by atoms with Gasteiger partial charge in [0.15, 0.2) is 0 Å². The zero-order valence-corrected chi connectivity index (χ0v) is 19.4. The predicted molar refractivity (Wildman–Crippen MR) is 132 cm³/mol. The van der Waals surface area contributed by atoms with E-state index in [1.807, 2.05) is 24.3 Å². The number of halogens is 1. The second kappa shape index (κ2) is 10.8. The van der Waals surface area contributed by atoms with E-state index in [4.69, 9.17) is 0 Å². The maximum Gasteiger partial charge on any atom is 0.269 e. The molecule has 1 aromatic heterocycles. The van der Waals surface area contributed by atoms with Crippen molar-refractivity contribution in [1.82, 2.24) is 15.0 Å². The summed E-state index contributed by atoms with van der Waals surface area (Å²) in [6.07, 6.45) is 6.23. The number of aromatic nitrogens is 3. The molecule has 3 aromatic rings. The van der Waals surface area contributed by atoms with E-state index in [9.17, 15) is 10.1 Å². The monoisotopic (exact) mass is 510 g/mol. The van der Waals surface area contributed by atoms with Crippen LogP contribution in [0.25, 0.3) is 0 Å². The minimum atomic E-state index is -0.435. The fourth-order valence-electron chi connectivity index (χ4n) is 3.42. The van der Waals surface area contributed by atoms with E-state index in [-0.39, 0.29) is 5.69 Å². The van der Waals surface area contributed by atoms with Crippen molar-refractivity contribution in [2.45, 2.75) is 25.7 Å². The van der Waals surface area contributed by atoms with E-state index in [0.717, 1.165) is 36.0 Å². The zero-order chi connectivity index (χ0) is 23.0. The Morgan fingerprint density at radius 2 is 1.67 bits per heavy atom. The summed E-state index contributed by atoms with van der Waals surface area (Å²) in [5, 5.41) is 18.3. The Kier molecular flexibility index (Phi) is 7.40. The van der Waals surface area contributed by atoms with Crippen LogP contribution in [0, 0.1) is 10.1 Å². The lowest BCUT2D eigenvalue weighted by Crippen LogP contribution is -2.26. The lowest BCUT2D eigenvalue weighted by molar-refractivity contribution is -0.384. The van der Waals surface area contributed by atoms with Gasteiger partial charge in [-0.1, -0.05) is 47.0 Å². The lowest BCUT2D eigenvalue weighted by atomic mass is 10.2. The van der Waals surface area contributed by atoms with E-state index in [1.54, 1.807) is 18.3 Å². The number of benzene rings is 2. The fourth-order valence-corrected chi connectivity index (χ4v) is 3.80. The van der Waals surface area contributed by atoms with Gasteiger partial charge in [-0.15, -0.1) is 0 Å². The Morgan fingerprint density at radius 3 is 2.36 bits per heavy atom. The molecule has 0 unspecified atom stereocenters. The molecule has 1 saturated heterocycles. The number of nitrogens with zero attached hydrogens (tertiary/aromatic N) is 6. The van der Waals surface area contributed by atoms with Crippen LogP contribution in [-0.4, -0.2) is 39.2 Å². The van der Waals surface area contributed by atoms with E-state index in [0.29, 0.717) is 23.5 Å². The number of nitro benzene ring substituents is 1. The lowest BCUT2D eigenvalue weighted by Gasteiger charge is -2.21. The van der Waals surface area contributed by atoms with Crippen LogP contribution in [0.1, 0.15) is 31.2 Å². The van der Waals surface area contributed by atoms with Crippen LogP contribution < -0.4 is 15.6 Å². The number of nitro groups is 1. The van der Waals surface area contributed by atoms with Gasteiger partial charge in [-0.05, 0) is 31.0 Å². The summed E-state index contributed by atoms with van der Waals surface area (Å²) in [6.45, 7) is 1.75. The van der Waals surface area contributed by atoms with Crippen molar-refractivity contribution in [2.24, 2.45) is 5.10 Å². The molecule has 2 aromatic carbocycles. The highest BCUT2D eigenvalue weighted by molar-refractivity contribution is 9.10. The van der Waals surface area contributed by atoms with E-state index >= 15 is 0 Å². The molecule has 170 valence electrons. The van der Waals surface area contributed by atoms with Crippen LogP contribution in [-0.2, 0) is 0 Å². The second-order valence-electron chi connectivity index (χ2n) is 7.50. The normalized spacial score (nSPS) is 14.2. The summed E-state index contributed by atoms with van der Waals surface area (Å²) in [6, 6.07) is 13.8. The Morgan fingerprint density at radius 1 is 0.970 bits per heavy atom. The number of non-ortho nitro benzene ring substituents is 1. The van der Waals surface area contributed by atoms with Crippen molar-refractivity contribution in [2.75, 3.05) is 28.7 Å². The highest BCUT2D eigenvalue weighted by atomic mass is 79.9. The number of anilines is 4. The van der Waals surface area contributed by atoms with Gasteiger partial charge in [-0.25, -0.2) is 5.43 Å². The molecule has 0 spiro atoms. The van der Waals surface area contributed by atoms with Crippen molar-refractivity contribution >= 4 is 51.4 Å². The fraction of sp³-hybridized carbons (Fsp3) is 0.273. The van der Waals surface area contributed by atoms with Crippen LogP contribution in [0.3, 0.4) is 0 Å². The second-order valence-corrected chi connectivity index (χ2v) is 8.36. The van der Waals surface area contributed by atoms with Gasteiger partial charge in [-0.2, -0.15) is 20.1 Å². The maximum atomic E-state index is 10.9. The van der Waals surface area contributed by atoms with Crippen molar-refractivity contribution in [1.29, 1.82) is 0 Å². The minimum absolute atomic E-state index is 0.0187. The van der Waals surface area contributed by atoms with Gasteiger partial charge in [0.2, 0.25) is 17.8 Å². The molecule has 1 fully saturated rings. The molecule has 0 radical (unpaired) electrons. The van der Waals surface area contributed by atoms with Gasteiger partial charge in [0, 0.05) is 40.9 Å². The molecule has 2 N–H and O–H groups in total. The maximum absolute atomic E-state index is 10.9. The number of rotatable bonds is 7. The molecule has 1 aliphatic rings. The highest BCUT2D eigenvalue weighted by Crippen LogP contribution is 2.22. The third-order valence-corrected chi connectivity index (χ3v) is 5.84. The summed E-state index contributed by atoms with van der Waals surface area (Å²) < 4.78 is 0.928. The van der Waals surface area contributed by atoms with Crippen LogP contribution >= 0.6 is 15.9 Å². The largest absolute Gasteiger partial charge is 0.341 e. The third-order valence-electron chi connectivity index (χ3n) is 5.12. The molecule has 10 nitrogen and oxygen atoms in total. The molecule has 0 aliphatic carbocycles. The number of nitrogens with one attached hydrogen (secondary N) is 2. The number of hydrogen-bond donors (Lipinski definition) is 2. The first-order chi connectivity index (χ1) is 16.1.